The van der Waals surface area contributed by atoms with Crippen molar-refractivity contribution in [1.82, 2.24) is 24.1 Å². The second-order valence-corrected chi connectivity index (χ2v) is 11.6. The molecular formula is C33H37ClN6O5. The monoisotopic (exact) mass is 632 g/mol. The molecule has 12 heteroatoms. The minimum Gasteiger partial charge on any atom is -0.465 e. The summed E-state index contributed by atoms with van der Waals surface area (Å²) in [5, 5.41) is 8.48. The highest BCUT2D eigenvalue weighted by Gasteiger charge is 2.23. The maximum absolute atomic E-state index is 13.5. The van der Waals surface area contributed by atoms with Crippen LogP contribution in [0.5, 0.6) is 0 Å². The van der Waals surface area contributed by atoms with Crippen LogP contribution < -0.4 is 5.32 Å². The van der Waals surface area contributed by atoms with Gasteiger partial charge in [-0.3, -0.25) is 24.1 Å². The number of carbonyl (C=O) groups is 4. The normalized spacial score (nSPS) is 13.6. The Kier molecular flexibility index (Phi) is 9.99. The van der Waals surface area contributed by atoms with Crippen LogP contribution in [0.25, 0.3) is 16.6 Å². The zero-order valence-corrected chi connectivity index (χ0v) is 26.5. The second kappa shape index (κ2) is 14.1. The van der Waals surface area contributed by atoms with E-state index >= 15 is 0 Å². The maximum Gasteiger partial charge on any atom is 0.302 e. The van der Waals surface area contributed by atoms with E-state index in [-0.39, 0.29) is 30.1 Å². The van der Waals surface area contributed by atoms with E-state index in [1.165, 1.54) is 6.92 Å². The molecule has 2 amide bonds. The van der Waals surface area contributed by atoms with Gasteiger partial charge in [0, 0.05) is 73.9 Å². The van der Waals surface area contributed by atoms with Crippen molar-refractivity contribution in [3.05, 3.63) is 76.7 Å². The molecule has 0 spiro atoms. The zero-order valence-electron chi connectivity index (χ0n) is 25.7. The highest BCUT2D eigenvalue weighted by Crippen LogP contribution is 2.27. The average Bonchev–Trinajstić information content (AvgIpc) is 3.57. The molecule has 5 rings (SSSR count). The summed E-state index contributed by atoms with van der Waals surface area (Å²) in [6, 6.07) is 12.5. The summed E-state index contributed by atoms with van der Waals surface area (Å²) in [6.45, 7) is 8.81. The lowest BCUT2D eigenvalue weighted by Gasteiger charge is -2.34. The first-order chi connectivity index (χ1) is 21.6. The van der Waals surface area contributed by atoms with E-state index in [1.807, 2.05) is 36.9 Å². The molecule has 1 aliphatic rings. The van der Waals surface area contributed by atoms with E-state index in [0.717, 1.165) is 23.3 Å². The molecule has 1 aliphatic heterocycles. The Bertz CT molecular complexity index is 1720. The van der Waals surface area contributed by atoms with Gasteiger partial charge in [0.2, 0.25) is 5.91 Å². The largest absolute Gasteiger partial charge is 0.465 e. The number of anilines is 1. The lowest BCUT2D eigenvalue weighted by atomic mass is 10.1. The summed E-state index contributed by atoms with van der Waals surface area (Å²) in [7, 11) is 0. The van der Waals surface area contributed by atoms with Gasteiger partial charge in [-0.25, -0.2) is 4.68 Å². The third kappa shape index (κ3) is 7.43. The Labute approximate surface area is 266 Å². The first-order valence-corrected chi connectivity index (χ1v) is 15.4. The predicted molar refractivity (Wildman–Crippen MR) is 172 cm³/mol. The minimum atomic E-state index is -0.328. The van der Waals surface area contributed by atoms with Crippen LogP contribution in [-0.4, -0.2) is 87.0 Å². The fraction of sp³-hybridized carbons (Fsp3) is 0.364. The van der Waals surface area contributed by atoms with Gasteiger partial charge in [0.15, 0.2) is 5.78 Å². The Morgan fingerprint density at radius 2 is 1.73 bits per heavy atom. The van der Waals surface area contributed by atoms with E-state index in [0.29, 0.717) is 73.0 Å². The molecule has 11 nitrogen and oxygen atoms in total. The number of nitrogens with zero attached hydrogens (tertiary/aromatic N) is 5. The van der Waals surface area contributed by atoms with E-state index in [2.05, 4.69) is 15.3 Å². The molecule has 2 aromatic carbocycles. The number of carbonyl (C=O) groups excluding carboxylic acids is 4. The number of esters is 1. The SMILES string of the molecule is CCCC(=O)c1cnn(-c2ccc(NC(=O)c3cn(CC(=O)N4CCN(CCOC(C)=O)CC4)c4ccc(Cl)cc34)cc2)c1C. The van der Waals surface area contributed by atoms with E-state index in [9.17, 15) is 19.2 Å². The van der Waals surface area contributed by atoms with Crippen LogP contribution in [0, 0.1) is 6.92 Å². The van der Waals surface area contributed by atoms with Crippen LogP contribution in [0.3, 0.4) is 0 Å². The molecule has 45 heavy (non-hydrogen) atoms. The van der Waals surface area contributed by atoms with Crippen molar-refractivity contribution in [2.45, 2.75) is 40.2 Å². The Morgan fingerprint density at radius 3 is 2.42 bits per heavy atom. The molecule has 3 heterocycles. The molecule has 0 unspecified atom stereocenters. The van der Waals surface area contributed by atoms with Crippen molar-refractivity contribution in [2.75, 3.05) is 44.6 Å². The lowest BCUT2D eigenvalue weighted by molar-refractivity contribution is -0.141. The number of amides is 2. The van der Waals surface area contributed by atoms with Gasteiger partial charge in [-0.05, 0) is 55.8 Å². The standard InChI is InChI=1S/C33H37ClN6O5/c1-4-5-31(42)28-19-35-40(22(28)2)26-9-7-25(8-10-26)36-33(44)29-20-39(30-11-6-24(34)18-27(29)30)21-32(43)38-14-12-37(13-15-38)16-17-45-23(3)41/h6-11,18-20H,4-5,12-17,21H2,1-3H3,(H,36,44). The molecule has 0 saturated carbocycles. The number of piperazine rings is 1. The fourth-order valence-electron chi connectivity index (χ4n) is 5.56. The summed E-state index contributed by atoms with van der Waals surface area (Å²) in [6.07, 6.45) is 4.55. The molecule has 4 aromatic rings. The number of halogens is 1. The summed E-state index contributed by atoms with van der Waals surface area (Å²) in [5.41, 5.74) is 3.87. The smallest absolute Gasteiger partial charge is 0.302 e. The van der Waals surface area contributed by atoms with Crippen molar-refractivity contribution >= 4 is 51.8 Å². The number of ether oxygens (including phenoxy) is 1. The molecular weight excluding hydrogens is 596 g/mol. The van der Waals surface area contributed by atoms with Gasteiger partial charge >= 0.3 is 5.97 Å². The van der Waals surface area contributed by atoms with Crippen LogP contribution in [0.4, 0.5) is 5.69 Å². The summed E-state index contributed by atoms with van der Waals surface area (Å²) in [4.78, 5) is 54.1. The predicted octanol–water partition coefficient (Wildman–Crippen LogP) is 4.73. The fourth-order valence-corrected chi connectivity index (χ4v) is 5.73. The Hall–Kier alpha value is -4.48. The molecule has 0 bridgehead atoms. The molecule has 0 aliphatic carbocycles. The number of aromatic nitrogens is 3. The van der Waals surface area contributed by atoms with Crippen molar-refractivity contribution in [3.63, 3.8) is 0 Å². The summed E-state index contributed by atoms with van der Waals surface area (Å²) < 4.78 is 8.53. The Balaban J connectivity index is 1.26. The third-order valence-corrected chi connectivity index (χ3v) is 8.22. The number of ketones is 1. The van der Waals surface area contributed by atoms with Crippen molar-refractivity contribution in [3.8, 4) is 5.69 Å². The molecule has 1 fully saturated rings. The second-order valence-electron chi connectivity index (χ2n) is 11.1. The van der Waals surface area contributed by atoms with E-state index in [1.54, 1.807) is 45.9 Å². The van der Waals surface area contributed by atoms with E-state index < -0.39 is 0 Å². The first-order valence-electron chi connectivity index (χ1n) is 15.1. The van der Waals surface area contributed by atoms with Crippen molar-refractivity contribution in [2.24, 2.45) is 0 Å². The first kappa shape index (κ1) is 31.9. The van der Waals surface area contributed by atoms with Gasteiger partial charge in [-0.15, -0.1) is 0 Å². The van der Waals surface area contributed by atoms with Gasteiger partial charge in [-0.2, -0.15) is 5.10 Å². The quantitative estimate of drug-likeness (QED) is 0.188. The Morgan fingerprint density at radius 1 is 1.00 bits per heavy atom. The maximum atomic E-state index is 13.5. The summed E-state index contributed by atoms with van der Waals surface area (Å²) in [5.74, 6) is -0.601. The van der Waals surface area contributed by atoms with Crippen molar-refractivity contribution in [1.29, 1.82) is 0 Å². The van der Waals surface area contributed by atoms with Crippen LogP contribution in [0.1, 0.15) is 53.1 Å². The number of hydrogen-bond donors (Lipinski definition) is 1. The van der Waals surface area contributed by atoms with Gasteiger partial charge in [0.1, 0.15) is 13.2 Å². The summed E-state index contributed by atoms with van der Waals surface area (Å²) >= 11 is 6.31. The van der Waals surface area contributed by atoms with Gasteiger partial charge in [-0.1, -0.05) is 18.5 Å². The number of rotatable bonds is 11. The molecule has 2 aromatic heterocycles. The average molecular weight is 633 g/mol. The van der Waals surface area contributed by atoms with Gasteiger partial charge in [0.25, 0.3) is 5.91 Å². The number of benzene rings is 2. The van der Waals surface area contributed by atoms with Crippen LogP contribution in [-0.2, 0) is 20.9 Å². The number of hydrogen-bond acceptors (Lipinski definition) is 7. The van der Waals surface area contributed by atoms with Crippen molar-refractivity contribution < 1.29 is 23.9 Å². The molecule has 1 saturated heterocycles. The van der Waals surface area contributed by atoms with Gasteiger partial charge < -0.3 is 19.5 Å². The highest BCUT2D eigenvalue weighted by atomic mass is 35.5. The van der Waals surface area contributed by atoms with Crippen LogP contribution >= 0.6 is 11.6 Å². The minimum absolute atomic E-state index is 0.0440. The van der Waals surface area contributed by atoms with Crippen LogP contribution in [0.2, 0.25) is 5.02 Å². The highest BCUT2D eigenvalue weighted by molar-refractivity contribution is 6.31. The van der Waals surface area contributed by atoms with Crippen LogP contribution in [0.15, 0.2) is 54.9 Å². The number of Topliss-reactive ketones (excluding diaryl/α,β-unsaturated/α-hetero) is 1. The van der Waals surface area contributed by atoms with Gasteiger partial charge in [0.05, 0.1) is 28.7 Å². The zero-order chi connectivity index (χ0) is 32.1. The molecule has 0 radical (unpaired) electrons. The number of fused-ring (bicyclic) bond motifs is 1. The molecule has 1 N–H and O–H groups in total. The molecule has 236 valence electrons. The molecule has 0 atom stereocenters. The third-order valence-electron chi connectivity index (χ3n) is 7.99. The lowest BCUT2D eigenvalue weighted by Crippen LogP contribution is -2.50. The number of nitrogens with one attached hydrogen (secondary N) is 1. The topological polar surface area (TPSA) is 119 Å². The van der Waals surface area contributed by atoms with E-state index in [4.69, 9.17) is 16.3 Å².